The van der Waals surface area contributed by atoms with Gasteiger partial charge in [0.2, 0.25) is 5.91 Å². The maximum absolute atomic E-state index is 12.9. The van der Waals surface area contributed by atoms with Crippen molar-refractivity contribution in [2.75, 3.05) is 11.5 Å². The Labute approximate surface area is 173 Å². The largest absolute Gasteiger partial charge is 0.460 e. The van der Waals surface area contributed by atoms with Gasteiger partial charge in [-0.15, -0.1) is 0 Å². The van der Waals surface area contributed by atoms with E-state index in [1.54, 1.807) is 11.0 Å². The van der Waals surface area contributed by atoms with Crippen LogP contribution in [0.1, 0.15) is 16.9 Å². The van der Waals surface area contributed by atoms with E-state index in [-0.39, 0.29) is 24.6 Å². The molecule has 1 heterocycles. The van der Waals surface area contributed by atoms with E-state index >= 15 is 0 Å². The molecule has 0 spiro atoms. The molecular formula is C24H19N3O3. The molecule has 0 fully saturated rings. The molecule has 148 valence electrons. The number of carbonyl (C=O) groups excluding carboxylic acids is 2. The van der Waals surface area contributed by atoms with Crippen molar-refractivity contribution in [2.24, 2.45) is 0 Å². The molecule has 1 aromatic heterocycles. The zero-order valence-electron chi connectivity index (χ0n) is 16.1. The summed E-state index contributed by atoms with van der Waals surface area (Å²) in [6.07, 6.45) is 1.42. The molecule has 0 aliphatic carbocycles. The van der Waals surface area contributed by atoms with Crippen LogP contribution in [0.5, 0.6) is 0 Å². The number of aromatic nitrogens is 2. The fourth-order valence-electron chi connectivity index (χ4n) is 3.06. The Bertz CT molecular complexity index is 1120. The molecule has 4 aromatic rings. The van der Waals surface area contributed by atoms with E-state index in [1.807, 2.05) is 78.9 Å². The Morgan fingerprint density at radius 1 is 0.767 bits per heavy atom. The highest BCUT2D eigenvalue weighted by Gasteiger charge is 2.19. The highest BCUT2D eigenvalue weighted by molar-refractivity contribution is 6.00. The van der Waals surface area contributed by atoms with Crippen LogP contribution in [0.3, 0.4) is 0 Å². The van der Waals surface area contributed by atoms with E-state index < -0.39 is 5.97 Å². The Morgan fingerprint density at radius 2 is 1.33 bits per heavy atom. The number of anilines is 2. The minimum Gasteiger partial charge on any atom is -0.460 e. The van der Waals surface area contributed by atoms with Crippen LogP contribution in [-0.4, -0.2) is 28.5 Å². The molecule has 1 amide bonds. The molecule has 0 bridgehead atoms. The predicted octanol–water partition coefficient (Wildman–Crippen LogP) is 4.54. The van der Waals surface area contributed by atoms with Crippen LogP contribution >= 0.6 is 0 Å². The highest BCUT2D eigenvalue weighted by atomic mass is 16.5. The summed E-state index contributed by atoms with van der Waals surface area (Å²) in [7, 11) is 0. The second-order valence-corrected chi connectivity index (χ2v) is 6.53. The van der Waals surface area contributed by atoms with Gasteiger partial charge in [-0.3, -0.25) is 14.7 Å². The maximum Gasteiger partial charge on any atom is 0.358 e. The normalized spacial score (nSPS) is 10.5. The zero-order chi connectivity index (χ0) is 20.8. The third kappa shape index (κ3) is 4.33. The number of rotatable bonds is 6. The highest BCUT2D eigenvalue weighted by Crippen LogP contribution is 2.25. The molecule has 6 heteroatoms. The van der Waals surface area contributed by atoms with Gasteiger partial charge in [0, 0.05) is 11.4 Å². The zero-order valence-corrected chi connectivity index (χ0v) is 16.1. The van der Waals surface area contributed by atoms with Crippen LogP contribution < -0.4 is 4.90 Å². The predicted molar refractivity (Wildman–Crippen MR) is 114 cm³/mol. The molecule has 0 atom stereocenters. The lowest BCUT2D eigenvalue weighted by Crippen LogP contribution is -2.27. The smallest absolute Gasteiger partial charge is 0.358 e. The van der Waals surface area contributed by atoms with Crippen molar-refractivity contribution in [3.05, 3.63) is 96.8 Å². The number of ether oxygens (including phenoxy) is 1. The van der Waals surface area contributed by atoms with E-state index in [1.165, 1.54) is 6.20 Å². The van der Waals surface area contributed by atoms with E-state index in [0.29, 0.717) is 11.0 Å². The number of nitrogens with zero attached hydrogens (tertiary/aromatic N) is 3. The van der Waals surface area contributed by atoms with E-state index in [9.17, 15) is 9.59 Å². The SMILES string of the molecule is O=C(OCCC(=O)N(c1ccccc1)c1ccccc1)c1cnc2ccccc2n1. The number of esters is 1. The fourth-order valence-corrected chi connectivity index (χ4v) is 3.06. The van der Waals surface area contributed by atoms with Gasteiger partial charge in [-0.1, -0.05) is 48.5 Å². The minimum absolute atomic E-state index is 0.0382. The molecule has 0 radical (unpaired) electrons. The lowest BCUT2D eigenvalue weighted by atomic mass is 10.2. The minimum atomic E-state index is -0.605. The van der Waals surface area contributed by atoms with Crippen LogP contribution in [0.15, 0.2) is 91.1 Å². The van der Waals surface area contributed by atoms with Crippen molar-refractivity contribution in [3.63, 3.8) is 0 Å². The van der Waals surface area contributed by atoms with Gasteiger partial charge >= 0.3 is 5.97 Å². The van der Waals surface area contributed by atoms with Crippen LogP contribution in [-0.2, 0) is 9.53 Å². The molecule has 3 aromatic carbocycles. The van der Waals surface area contributed by atoms with Crippen molar-refractivity contribution in [3.8, 4) is 0 Å². The Morgan fingerprint density at radius 3 is 1.97 bits per heavy atom. The van der Waals surface area contributed by atoms with Crippen LogP contribution in [0.4, 0.5) is 11.4 Å². The van der Waals surface area contributed by atoms with Gasteiger partial charge in [-0.25, -0.2) is 9.78 Å². The van der Waals surface area contributed by atoms with Gasteiger partial charge in [-0.2, -0.15) is 0 Å². The van der Waals surface area contributed by atoms with Gasteiger partial charge < -0.3 is 4.74 Å². The molecule has 0 aliphatic rings. The summed E-state index contributed by atoms with van der Waals surface area (Å²) in [5.41, 5.74) is 2.93. The summed E-state index contributed by atoms with van der Waals surface area (Å²) in [5, 5.41) is 0. The number of hydrogen-bond donors (Lipinski definition) is 0. The van der Waals surface area contributed by atoms with Crippen molar-refractivity contribution < 1.29 is 14.3 Å². The van der Waals surface area contributed by atoms with Crippen LogP contribution in [0.2, 0.25) is 0 Å². The van der Waals surface area contributed by atoms with Gasteiger partial charge in [0.05, 0.1) is 23.7 Å². The lowest BCUT2D eigenvalue weighted by Gasteiger charge is -2.23. The topological polar surface area (TPSA) is 72.4 Å². The number of para-hydroxylation sites is 4. The molecule has 30 heavy (non-hydrogen) atoms. The van der Waals surface area contributed by atoms with Crippen molar-refractivity contribution in [2.45, 2.75) is 6.42 Å². The monoisotopic (exact) mass is 397 g/mol. The molecular weight excluding hydrogens is 378 g/mol. The first-order valence-electron chi connectivity index (χ1n) is 9.54. The summed E-state index contributed by atoms with van der Waals surface area (Å²) in [5.74, 6) is -0.781. The Kier molecular flexibility index (Phi) is 5.75. The van der Waals surface area contributed by atoms with Gasteiger partial charge in [-0.05, 0) is 36.4 Å². The first-order chi connectivity index (χ1) is 14.7. The summed E-state index contributed by atoms with van der Waals surface area (Å²) in [6, 6.07) is 26.0. The molecule has 0 unspecified atom stereocenters. The lowest BCUT2D eigenvalue weighted by molar-refractivity contribution is -0.118. The Hall–Kier alpha value is -4.06. The van der Waals surface area contributed by atoms with Gasteiger partial charge in [0.15, 0.2) is 5.69 Å². The number of hydrogen-bond acceptors (Lipinski definition) is 5. The average molecular weight is 397 g/mol. The molecule has 0 N–H and O–H groups in total. The summed E-state index contributed by atoms with van der Waals surface area (Å²) in [4.78, 5) is 35.4. The summed E-state index contributed by atoms with van der Waals surface area (Å²) in [6.45, 7) is -0.0532. The Balaban J connectivity index is 1.43. The number of fused-ring (bicyclic) bond motifs is 1. The van der Waals surface area contributed by atoms with E-state index in [0.717, 1.165) is 11.4 Å². The van der Waals surface area contributed by atoms with Crippen LogP contribution in [0.25, 0.3) is 11.0 Å². The molecule has 0 aliphatic heterocycles. The summed E-state index contributed by atoms with van der Waals surface area (Å²) < 4.78 is 5.28. The van der Waals surface area contributed by atoms with E-state index in [2.05, 4.69) is 9.97 Å². The summed E-state index contributed by atoms with van der Waals surface area (Å²) >= 11 is 0. The fraction of sp³-hybridized carbons (Fsp3) is 0.0833. The third-order valence-electron chi connectivity index (χ3n) is 4.48. The second kappa shape index (κ2) is 8.96. The van der Waals surface area contributed by atoms with E-state index in [4.69, 9.17) is 4.74 Å². The first kappa shape index (κ1) is 19.3. The second-order valence-electron chi connectivity index (χ2n) is 6.53. The van der Waals surface area contributed by atoms with Crippen molar-refractivity contribution in [1.29, 1.82) is 0 Å². The standard InChI is InChI=1S/C24H19N3O3/c28-23(27(18-9-3-1-4-10-18)19-11-5-2-6-12-19)15-16-30-24(29)22-17-25-20-13-7-8-14-21(20)26-22/h1-14,17H,15-16H2. The molecule has 0 saturated heterocycles. The first-order valence-corrected chi connectivity index (χ1v) is 9.54. The van der Waals surface area contributed by atoms with Gasteiger partial charge in [0.1, 0.15) is 6.61 Å². The average Bonchev–Trinajstić information content (AvgIpc) is 2.80. The number of amides is 1. The number of benzene rings is 3. The van der Waals surface area contributed by atoms with Gasteiger partial charge in [0.25, 0.3) is 0 Å². The molecule has 4 rings (SSSR count). The quantitative estimate of drug-likeness (QED) is 0.447. The number of carbonyl (C=O) groups is 2. The van der Waals surface area contributed by atoms with Crippen LogP contribution in [0, 0.1) is 0 Å². The molecule has 0 saturated carbocycles. The maximum atomic E-state index is 12.9. The van der Waals surface area contributed by atoms with Crippen molar-refractivity contribution in [1.82, 2.24) is 9.97 Å². The molecule has 6 nitrogen and oxygen atoms in total. The third-order valence-corrected chi connectivity index (χ3v) is 4.48. The van der Waals surface area contributed by atoms with Crippen molar-refractivity contribution >= 4 is 34.3 Å².